The molecule has 1 aromatic heterocycles. The monoisotopic (exact) mass is 313 g/mol. The Labute approximate surface area is 123 Å². The van der Waals surface area contributed by atoms with Crippen molar-refractivity contribution in [2.24, 2.45) is 0 Å². The molecule has 1 heterocycles. The molecule has 2 N–H and O–H groups in total. The van der Waals surface area contributed by atoms with Gasteiger partial charge in [0.2, 0.25) is 0 Å². The van der Waals surface area contributed by atoms with Gasteiger partial charge in [0.25, 0.3) is 0 Å². The predicted octanol–water partition coefficient (Wildman–Crippen LogP) is -1.35. The van der Waals surface area contributed by atoms with Crippen molar-refractivity contribution in [3.63, 3.8) is 0 Å². The predicted molar refractivity (Wildman–Crippen MR) is 74.1 cm³/mol. The minimum absolute atomic E-state index is 0.295. The molecule has 0 saturated heterocycles. The third kappa shape index (κ3) is 2.75. The van der Waals surface area contributed by atoms with Crippen molar-refractivity contribution < 1.29 is 19.8 Å². The van der Waals surface area contributed by atoms with Crippen molar-refractivity contribution >= 4 is 11.9 Å². The van der Waals surface area contributed by atoms with Gasteiger partial charge in [0.15, 0.2) is 0 Å². The van der Waals surface area contributed by atoms with E-state index in [4.69, 9.17) is 10.2 Å². The molecular weight excluding hydrogens is 298 g/mol. The summed E-state index contributed by atoms with van der Waals surface area (Å²) < 4.78 is 1.20. The SMILES string of the molecule is C=CCn1c(=O)n(C(C)C(=O)O)c(=O)n(C(C)C(=O)O)c1=O. The highest BCUT2D eigenvalue weighted by Gasteiger charge is 2.27. The molecule has 0 radical (unpaired) electrons. The van der Waals surface area contributed by atoms with E-state index in [-0.39, 0.29) is 6.54 Å². The van der Waals surface area contributed by atoms with Crippen molar-refractivity contribution in [3.8, 4) is 0 Å². The average molecular weight is 313 g/mol. The quantitative estimate of drug-likeness (QED) is 0.618. The van der Waals surface area contributed by atoms with Crippen LogP contribution in [-0.2, 0) is 16.1 Å². The first-order chi connectivity index (χ1) is 10.1. The lowest BCUT2D eigenvalue weighted by molar-refractivity contribution is -0.140. The van der Waals surface area contributed by atoms with Gasteiger partial charge in [0.1, 0.15) is 12.1 Å². The molecule has 22 heavy (non-hydrogen) atoms. The fourth-order valence-corrected chi connectivity index (χ4v) is 1.79. The molecule has 120 valence electrons. The van der Waals surface area contributed by atoms with Crippen molar-refractivity contribution in [1.82, 2.24) is 13.7 Å². The highest BCUT2D eigenvalue weighted by atomic mass is 16.4. The van der Waals surface area contributed by atoms with Gasteiger partial charge < -0.3 is 10.2 Å². The normalized spacial score (nSPS) is 13.4. The second kappa shape index (κ2) is 6.24. The van der Waals surface area contributed by atoms with E-state index in [1.54, 1.807) is 0 Å². The van der Waals surface area contributed by atoms with E-state index in [1.165, 1.54) is 6.08 Å². The summed E-state index contributed by atoms with van der Waals surface area (Å²) in [5, 5.41) is 18.0. The Kier molecular flexibility index (Phi) is 4.87. The number of carbonyl (C=O) groups is 2. The molecule has 10 nitrogen and oxygen atoms in total. The molecule has 0 aliphatic heterocycles. The largest absolute Gasteiger partial charge is 0.480 e. The number of hydrogen-bond acceptors (Lipinski definition) is 5. The molecule has 1 rings (SSSR count). The zero-order valence-corrected chi connectivity index (χ0v) is 11.9. The number of aromatic nitrogens is 3. The molecule has 0 aromatic carbocycles. The summed E-state index contributed by atoms with van der Waals surface area (Å²) in [4.78, 5) is 58.6. The van der Waals surface area contributed by atoms with Crippen LogP contribution < -0.4 is 17.1 Å². The van der Waals surface area contributed by atoms with Crippen LogP contribution in [-0.4, -0.2) is 35.9 Å². The second-order valence-corrected chi connectivity index (χ2v) is 4.52. The molecule has 10 heteroatoms. The number of allylic oxidation sites excluding steroid dienone is 1. The van der Waals surface area contributed by atoms with E-state index < -0.39 is 41.1 Å². The van der Waals surface area contributed by atoms with E-state index in [0.717, 1.165) is 13.8 Å². The highest BCUT2D eigenvalue weighted by Crippen LogP contribution is 2.01. The first kappa shape index (κ1) is 17.1. The number of carboxylic acid groups (broad SMARTS) is 2. The van der Waals surface area contributed by atoms with Gasteiger partial charge >= 0.3 is 29.0 Å². The van der Waals surface area contributed by atoms with Gasteiger partial charge in [0.05, 0.1) is 6.54 Å². The standard InChI is InChI=1S/C12H15N3O7/c1-4-5-13-10(20)14(6(2)8(16)17)12(22)15(11(13)21)7(3)9(18)19/h4,6-7H,1,5H2,2-3H3,(H,16,17)(H,18,19). The second-order valence-electron chi connectivity index (χ2n) is 4.52. The highest BCUT2D eigenvalue weighted by molar-refractivity contribution is 5.72. The number of nitrogens with zero attached hydrogens (tertiary/aromatic N) is 3. The smallest absolute Gasteiger partial charge is 0.337 e. The van der Waals surface area contributed by atoms with Crippen molar-refractivity contribution in [2.75, 3.05) is 0 Å². The van der Waals surface area contributed by atoms with Crippen molar-refractivity contribution in [3.05, 3.63) is 44.1 Å². The fraction of sp³-hybridized carbons (Fsp3) is 0.417. The minimum atomic E-state index is -1.57. The third-order valence-corrected chi connectivity index (χ3v) is 3.09. The maximum Gasteiger partial charge on any atom is 0.337 e. The van der Waals surface area contributed by atoms with E-state index >= 15 is 0 Å². The van der Waals surface area contributed by atoms with E-state index in [0.29, 0.717) is 13.7 Å². The summed E-state index contributed by atoms with van der Waals surface area (Å²) in [6.45, 7) is 5.20. The Bertz CT molecular complexity index is 740. The maximum atomic E-state index is 12.2. The lowest BCUT2D eigenvalue weighted by Gasteiger charge is -2.17. The Balaban J connectivity index is 3.95. The molecule has 1 aromatic rings. The van der Waals surface area contributed by atoms with E-state index in [1.807, 2.05) is 0 Å². The van der Waals surface area contributed by atoms with Crippen LogP contribution in [0.4, 0.5) is 0 Å². The van der Waals surface area contributed by atoms with Gasteiger partial charge in [-0.3, -0.25) is 0 Å². The molecule has 0 spiro atoms. The molecule has 0 amide bonds. The van der Waals surface area contributed by atoms with Crippen LogP contribution in [0.2, 0.25) is 0 Å². The summed E-state index contributed by atoms with van der Waals surface area (Å²) in [6.07, 6.45) is 1.19. The summed E-state index contributed by atoms with van der Waals surface area (Å²) in [6, 6.07) is -3.13. The fourth-order valence-electron chi connectivity index (χ4n) is 1.79. The van der Waals surface area contributed by atoms with Gasteiger partial charge in [-0.15, -0.1) is 6.58 Å². The molecule has 0 aliphatic carbocycles. The number of hydrogen-bond donors (Lipinski definition) is 2. The van der Waals surface area contributed by atoms with Crippen LogP contribution in [0.25, 0.3) is 0 Å². The summed E-state index contributed by atoms with van der Waals surface area (Å²) >= 11 is 0. The molecule has 0 fully saturated rings. The zero-order chi connectivity index (χ0) is 17.2. The van der Waals surface area contributed by atoms with Crippen LogP contribution in [0.1, 0.15) is 25.9 Å². The molecule has 0 bridgehead atoms. The average Bonchev–Trinajstić information content (AvgIpc) is 2.43. The van der Waals surface area contributed by atoms with Crippen LogP contribution in [0.3, 0.4) is 0 Å². The van der Waals surface area contributed by atoms with E-state index in [2.05, 4.69) is 6.58 Å². The number of carboxylic acids is 2. The molecule has 0 saturated carbocycles. The summed E-state index contributed by atoms with van der Waals surface area (Å²) in [5.41, 5.74) is -3.57. The molecular formula is C12H15N3O7. The first-order valence-electron chi connectivity index (χ1n) is 6.19. The Morgan fingerprint density at radius 1 is 1.00 bits per heavy atom. The maximum absolute atomic E-state index is 12.2. The van der Waals surface area contributed by atoms with Gasteiger partial charge in [-0.25, -0.2) is 37.7 Å². The van der Waals surface area contributed by atoms with Gasteiger partial charge in [-0.05, 0) is 13.8 Å². The Hall–Kier alpha value is -2.91. The van der Waals surface area contributed by atoms with Gasteiger partial charge in [-0.1, -0.05) is 6.08 Å². The number of aliphatic carboxylic acids is 2. The third-order valence-electron chi connectivity index (χ3n) is 3.09. The summed E-state index contributed by atoms with van der Waals surface area (Å²) in [5.74, 6) is -2.95. The Morgan fingerprint density at radius 2 is 1.36 bits per heavy atom. The van der Waals surface area contributed by atoms with Crippen LogP contribution >= 0.6 is 0 Å². The Morgan fingerprint density at radius 3 is 1.64 bits per heavy atom. The molecule has 0 aliphatic rings. The van der Waals surface area contributed by atoms with Gasteiger partial charge in [-0.2, -0.15) is 0 Å². The van der Waals surface area contributed by atoms with Crippen molar-refractivity contribution in [1.29, 1.82) is 0 Å². The van der Waals surface area contributed by atoms with Crippen LogP contribution in [0, 0.1) is 0 Å². The zero-order valence-electron chi connectivity index (χ0n) is 11.9. The minimum Gasteiger partial charge on any atom is -0.480 e. The van der Waals surface area contributed by atoms with Crippen LogP contribution in [0.15, 0.2) is 27.0 Å². The van der Waals surface area contributed by atoms with Crippen LogP contribution in [0.5, 0.6) is 0 Å². The number of rotatable bonds is 6. The van der Waals surface area contributed by atoms with E-state index in [9.17, 15) is 24.0 Å². The van der Waals surface area contributed by atoms with Crippen molar-refractivity contribution in [2.45, 2.75) is 32.5 Å². The topological polar surface area (TPSA) is 141 Å². The lowest BCUT2D eigenvalue weighted by atomic mass is 10.3. The molecule has 2 unspecified atom stereocenters. The summed E-state index contributed by atoms with van der Waals surface area (Å²) in [7, 11) is 0. The molecule has 2 atom stereocenters. The first-order valence-corrected chi connectivity index (χ1v) is 6.19. The lowest BCUT2D eigenvalue weighted by Crippen LogP contribution is -2.57. The van der Waals surface area contributed by atoms with Gasteiger partial charge in [0, 0.05) is 0 Å².